The first kappa shape index (κ1) is 13.4. The summed E-state index contributed by atoms with van der Waals surface area (Å²) in [5.74, 6) is 0.789. The predicted octanol–water partition coefficient (Wildman–Crippen LogP) is 5.23. The van der Waals surface area contributed by atoms with E-state index in [4.69, 9.17) is 16.3 Å². The molecule has 4 heteroatoms. The molecule has 0 aliphatic rings. The maximum atomic E-state index is 6.21. The number of halogens is 2. The van der Waals surface area contributed by atoms with Gasteiger partial charge in [-0.25, -0.2) is 4.98 Å². The molecule has 0 saturated heterocycles. The molecule has 0 saturated carbocycles. The smallest absolute Gasteiger partial charge is 0.136 e. The van der Waals surface area contributed by atoms with Crippen LogP contribution in [0.3, 0.4) is 0 Å². The second-order valence-electron chi connectivity index (χ2n) is 4.35. The Morgan fingerprint density at radius 3 is 2.65 bits per heavy atom. The van der Waals surface area contributed by atoms with Gasteiger partial charge in [0.1, 0.15) is 17.5 Å². The average Bonchev–Trinajstić information content (AvgIpc) is 2.46. The van der Waals surface area contributed by atoms with E-state index in [9.17, 15) is 0 Å². The molecule has 3 aromatic rings. The van der Waals surface area contributed by atoms with Crippen molar-refractivity contribution in [2.45, 2.75) is 6.61 Å². The first-order valence-corrected chi connectivity index (χ1v) is 7.32. The number of benzene rings is 2. The summed E-state index contributed by atoms with van der Waals surface area (Å²) in [4.78, 5) is 4.38. The van der Waals surface area contributed by atoms with Gasteiger partial charge in [-0.2, -0.15) is 0 Å². The van der Waals surface area contributed by atoms with E-state index in [1.807, 2.05) is 54.6 Å². The Kier molecular flexibility index (Phi) is 3.90. The average molecular weight is 349 g/mol. The lowest BCUT2D eigenvalue weighted by Gasteiger charge is -2.10. The van der Waals surface area contributed by atoms with Gasteiger partial charge in [-0.05, 0) is 40.2 Å². The van der Waals surface area contributed by atoms with Crippen molar-refractivity contribution in [3.63, 3.8) is 0 Å². The summed E-state index contributed by atoms with van der Waals surface area (Å²) in [6, 6.07) is 17.6. The van der Waals surface area contributed by atoms with Crippen molar-refractivity contribution in [2.75, 3.05) is 0 Å². The summed E-state index contributed by atoms with van der Waals surface area (Å²) in [5, 5.41) is 1.54. The third-order valence-electron chi connectivity index (χ3n) is 2.97. The van der Waals surface area contributed by atoms with Gasteiger partial charge in [-0.1, -0.05) is 41.9 Å². The molecule has 0 radical (unpaired) electrons. The molecule has 1 aromatic heterocycles. The van der Waals surface area contributed by atoms with Crippen LogP contribution in [0.4, 0.5) is 0 Å². The van der Waals surface area contributed by atoms with Gasteiger partial charge in [-0.15, -0.1) is 0 Å². The standard InChI is InChI=1S/C16H11BrClNO/c17-13-6-2-4-8-15(13)20-10-12-9-11-5-1-3-7-14(11)19-16(12)18/h1-9H,10H2. The molecule has 0 amide bonds. The number of rotatable bonds is 3. The van der Waals surface area contributed by atoms with Gasteiger partial charge in [0.25, 0.3) is 0 Å². The van der Waals surface area contributed by atoms with Crippen LogP contribution in [0.5, 0.6) is 5.75 Å². The Balaban J connectivity index is 1.87. The molecule has 1 heterocycles. The first-order valence-electron chi connectivity index (χ1n) is 6.15. The van der Waals surface area contributed by atoms with Crippen LogP contribution < -0.4 is 4.74 Å². The predicted molar refractivity (Wildman–Crippen MR) is 85.2 cm³/mol. The number of para-hydroxylation sites is 2. The van der Waals surface area contributed by atoms with E-state index in [-0.39, 0.29) is 0 Å². The minimum absolute atomic E-state index is 0.388. The van der Waals surface area contributed by atoms with Gasteiger partial charge in [-0.3, -0.25) is 0 Å². The van der Waals surface area contributed by atoms with Crippen molar-refractivity contribution in [1.82, 2.24) is 4.98 Å². The van der Waals surface area contributed by atoms with Crippen LogP contribution in [0, 0.1) is 0 Å². The summed E-state index contributed by atoms with van der Waals surface area (Å²) in [6.07, 6.45) is 0. The summed E-state index contributed by atoms with van der Waals surface area (Å²) < 4.78 is 6.70. The van der Waals surface area contributed by atoms with Crippen LogP contribution in [-0.2, 0) is 6.61 Å². The number of hydrogen-bond donors (Lipinski definition) is 0. The van der Waals surface area contributed by atoms with E-state index in [2.05, 4.69) is 20.9 Å². The molecule has 0 fully saturated rings. The number of ether oxygens (including phenoxy) is 1. The Bertz CT molecular complexity index is 760. The van der Waals surface area contributed by atoms with Crippen molar-refractivity contribution in [3.05, 3.63) is 69.8 Å². The molecular formula is C16H11BrClNO. The highest BCUT2D eigenvalue weighted by Gasteiger charge is 2.07. The summed E-state index contributed by atoms with van der Waals surface area (Å²) in [5.41, 5.74) is 1.77. The molecule has 0 aliphatic carbocycles. The fraction of sp³-hybridized carbons (Fsp3) is 0.0625. The topological polar surface area (TPSA) is 22.1 Å². The van der Waals surface area contributed by atoms with Gasteiger partial charge in [0.05, 0.1) is 9.99 Å². The molecular weight excluding hydrogens is 338 g/mol. The van der Waals surface area contributed by atoms with Crippen LogP contribution in [0.1, 0.15) is 5.56 Å². The van der Waals surface area contributed by atoms with E-state index in [0.717, 1.165) is 26.7 Å². The SMILES string of the molecule is Clc1nc2ccccc2cc1COc1ccccc1Br. The first-order chi connectivity index (χ1) is 9.74. The summed E-state index contributed by atoms with van der Waals surface area (Å²) >= 11 is 9.66. The fourth-order valence-corrected chi connectivity index (χ4v) is 2.55. The number of pyridine rings is 1. The normalized spacial score (nSPS) is 10.7. The van der Waals surface area contributed by atoms with Crippen LogP contribution in [-0.4, -0.2) is 4.98 Å². The quantitative estimate of drug-likeness (QED) is 0.605. The third kappa shape index (κ3) is 2.79. The zero-order valence-electron chi connectivity index (χ0n) is 10.5. The van der Waals surface area contributed by atoms with Crippen molar-refractivity contribution < 1.29 is 4.74 Å². The lowest BCUT2D eigenvalue weighted by Crippen LogP contribution is -1.98. The molecule has 0 unspecified atom stereocenters. The second kappa shape index (κ2) is 5.81. The lowest BCUT2D eigenvalue weighted by molar-refractivity contribution is 0.304. The molecule has 0 atom stereocenters. The summed E-state index contributed by atoms with van der Waals surface area (Å²) in [7, 11) is 0. The molecule has 100 valence electrons. The largest absolute Gasteiger partial charge is 0.488 e. The monoisotopic (exact) mass is 347 g/mol. The molecule has 3 rings (SSSR count). The molecule has 2 aromatic carbocycles. The molecule has 2 nitrogen and oxygen atoms in total. The Hall–Kier alpha value is -1.58. The third-order valence-corrected chi connectivity index (χ3v) is 3.95. The van der Waals surface area contributed by atoms with Gasteiger partial charge in [0, 0.05) is 10.9 Å². The molecule has 20 heavy (non-hydrogen) atoms. The van der Waals surface area contributed by atoms with Gasteiger partial charge in [0.2, 0.25) is 0 Å². The van der Waals surface area contributed by atoms with Gasteiger partial charge >= 0.3 is 0 Å². The number of nitrogens with zero attached hydrogens (tertiary/aromatic N) is 1. The zero-order chi connectivity index (χ0) is 13.9. The van der Waals surface area contributed by atoms with Crippen LogP contribution in [0.15, 0.2) is 59.1 Å². The van der Waals surface area contributed by atoms with Gasteiger partial charge in [0.15, 0.2) is 0 Å². The Labute approximate surface area is 130 Å². The summed E-state index contributed by atoms with van der Waals surface area (Å²) in [6.45, 7) is 0.388. The van der Waals surface area contributed by atoms with Crippen LogP contribution in [0.2, 0.25) is 5.15 Å². The van der Waals surface area contributed by atoms with E-state index >= 15 is 0 Å². The van der Waals surface area contributed by atoms with Crippen LogP contribution in [0.25, 0.3) is 10.9 Å². The van der Waals surface area contributed by atoms with Gasteiger partial charge < -0.3 is 4.74 Å². The Morgan fingerprint density at radius 2 is 1.80 bits per heavy atom. The minimum atomic E-state index is 0.388. The Morgan fingerprint density at radius 1 is 1.05 bits per heavy atom. The molecule has 0 spiro atoms. The van der Waals surface area contributed by atoms with E-state index in [1.165, 1.54) is 0 Å². The lowest BCUT2D eigenvalue weighted by atomic mass is 10.2. The fourth-order valence-electron chi connectivity index (χ4n) is 1.95. The highest BCUT2D eigenvalue weighted by Crippen LogP contribution is 2.26. The highest BCUT2D eigenvalue weighted by atomic mass is 79.9. The van der Waals surface area contributed by atoms with Crippen molar-refractivity contribution in [3.8, 4) is 5.75 Å². The van der Waals surface area contributed by atoms with Crippen LogP contribution >= 0.6 is 27.5 Å². The number of fused-ring (bicyclic) bond motifs is 1. The number of aromatic nitrogens is 1. The molecule has 0 aliphatic heterocycles. The zero-order valence-corrected chi connectivity index (χ0v) is 12.9. The van der Waals surface area contributed by atoms with Crippen molar-refractivity contribution >= 4 is 38.4 Å². The maximum absolute atomic E-state index is 6.21. The van der Waals surface area contributed by atoms with Crippen molar-refractivity contribution in [2.24, 2.45) is 0 Å². The maximum Gasteiger partial charge on any atom is 0.136 e. The van der Waals surface area contributed by atoms with E-state index in [0.29, 0.717) is 11.8 Å². The van der Waals surface area contributed by atoms with E-state index < -0.39 is 0 Å². The van der Waals surface area contributed by atoms with E-state index in [1.54, 1.807) is 0 Å². The molecule has 0 N–H and O–H groups in total. The second-order valence-corrected chi connectivity index (χ2v) is 5.56. The highest BCUT2D eigenvalue weighted by molar-refractivity contribution is 9.10. The number of hydrogen-bond acceptors (Lipinski definition) is 2. The van der Waals surface area contributed by atoms with Crippen molar-refractivity contribution in [1.29, 1.82) is 0 Å². The minimum Gasteiger partial charge on any atom is -0.488 e. The molecule has 0 bridgehead atoms.